The van der Waals surface area contributed by atoms with E-state index in [1.54, 1.807) is 37.3 Å². The fraction of sp³-hybridized carbons (Fsp3) is 0.192. The summed E-state index contributed by atoms with van der Waals surface area (Å²) in [4.78, 5) is 20.2. The molecule has 2 heterocycles. The van der Waals surface area contributed by atoms with E-state index in [0.717, 1.165) is 11.1 Å². The maximum atomic E-state index is 13.9. The Bertz CT molecular complexity index is 1260. The fourth-order valence-corrected chi connectivity index (χ4v) is 4.45. The van der Waals surface area contributed by atoms with Crippen LogP contribution in [0.4, 0.5) is 5.95 Å². The Balaban J connectivity index is 1.63. The predicted octanol–water partition coefficient (Wildman–Crippen LogP) is 4.68. The third-order valence-corrected chi connectivity index (χ3v) is 6.04. The van der Waals surface area contributed by atoms with Crippen molar-refractivity contribution in [2.75, 3.05) is 19.1 Å². The lowest BCUT2D eigenvalue weighted by Gasteiger charge is -2.39. The summed E-state index contributed by atoms with van der Waals surface area (Å²) in [5, 5.41) is 4.50. The van der Waals surface area contributed by atoms with Gasteiger partial charge in [-0.2, -0.15) is 10.1 Å². The number of carbonyl (C=O) groups is 1. The predicted molar refractivity (Wildman–Crippen MR) is 125 cm³/mol. The maximum Gasteiger partial charge on any atom is 0.261 e. The Morgan fingerprint density at radius 2 is 1.48 bits per heavy atom. The van der Waals surface area contributed by atoms with E-state index in [2.05, 4.69) is 22.2 Å². The van der Waals surface area contributed by atoms with Crippen LogP contribution in [0.5, 0.6) is 11.5 Å². The number of nitrogens with zero attached hydrogens (tertiary/aromatic N) is 4. The number of fused-ring (bicyclic) bond motifs is 1. The topological polar surface area (TPSA) is 69.5 Å². The van der Waals surface area contributed by atoms with Crippen LogP contribution in [0.2, 0.25) is 0 Å². The summed E-state index contributed by atoms with van der Waals surface area (Å²) in [5.74, 6) is 1.41. The van der Waals surface area contributed by atoms with E-state index >= 15 is 0 Å². The first kappa shape index (κ1) is 20.8. The molecule has 0 aliphatic carbocycles. The molecule has 0 saturated carbocycles. The van der Waals surface area contributed by atoms with Crippen molar-refractivity contribution in [1.29, 1.82) is 0 Å². The quantitative estimate of drug-likeness (QED) is 0.451. The van der Waals surface area contributed by atoms with Crippen molar-refractivity contribution in [3.05, 3.63) is 102 Å². The smallest absolute Gasteiger partial charge is 0.261 e. The van der Waals surface area contributed by atoms with Gasteiger partial charge in [0, 0.05) is 5.56 Å². The van der Waals surface area contributed by atoms with Crippen LogP contribution in [0.25, 0.3) is 0 Å². The molecule has 7 nitrogen and oxygen atoms in total. The van der Waals surface area contributed by atoms with Crippen LogP contribution in [0.3, 0.4) is 0 Å². The normalized spacial score (nSPS) is 17.3. The molecule has 1 aliphatic rings. The van der Waals surface area contributed by atoms with Gasteiger partial charge in [0.05, 0.1) is 26.3 Å². The number of aromatic nitrogens is 3. The number of methoxy groups -OCH3 is 2. The maximum absolute atomic E-state index is 13.9. The number of rotatable bonds is 5. The van der Waals surface area contributed by atoms with E-state index in [0.29, 0.717) is 29.4 Å². The first-order valence-electron chi connectivity index (χ1n) is 10.8. The summed E-state index contributed by atoms with van der Waals surface area (Å²) in [7, 11) is 3.13. The van der Waals surface area contributed by atoms with E-state index in [1.807, 2.05) is 53.2 Å². The van der Waals surface area contributed by atoms with Crippen molar-refractivity contribution in [3.63, 3.8) is 0 Å². The summed E-state index contributed by atoms with van der Waals surface area (Å²) in [6.45, 7) is 0. The summed E-state index contributed by atoms with van der Waals surface area (Å²) in [6, 6.07) is 25.2. The van der Waals surface area contributed by atoms with Crippen LogP contribution >= 0.6 is 0 Å². The zero-order valence-electron chi connectivity index (χ0n) is 18.5. The molecule has 2 atom stereocenters. The van der Waals surface area contributed by atoms with Crippen LogP contribution in [0.15, 0.2) is 85.2 Å². The van der Waals surface area contributed by atoms with E-state index in [1.165, 1.54) is 6.33 Å². The number of hydrogen-bond acceptors (Lipinski definition) is 5. The number of carbonyl (C=O) groups excluding carboxylic acids is 1. The first-order chi connectivity index (χ1) is 16.2. The second kappa shape index (κ2) is 8.78. The molecule has 0 unspecified atom stereocenters. The number of amides is 1. The van der Waals surface area contributed by atoms with Gasteiger partial charge in [-0.3, -0.25) is 9.69 Å². The SMILES string of the molecule is COc1ccc(C(=O)N2c3ncnn3[C@@H](c3ccccc3)C[C@@H]2c2ccccc2)cc1OC. The Morgan fingerprint density at radius 3 is 2.12 bits per heavy atom. The van der Waals surface area contributed by atoms with Gasteiger partial charge >= 0.3 is 0 Å². The molecule has 0 bridgehead atoms. The molecular weight excluding hydrogens is 416 g/mol. The average Bonchev–Trinajstić information content (AvgIpc) is 3.37. The van der Waals surface area contributed by atoms with E-state index in [4.69, 9.17) is 9.47 Å². The minimum atomic E-state index is -0.214. The van der Waals surface area contributed by atoms with Gasteiger partial charge < -0.3 is 9.47 Å². The summed E-state index contributed by atoms with van der Waals surface area (Å²) < 4.78 is 12.6. The highest BCUT2D eigenvalue weighted by Gasteiger charge is 2.39. The highest BCUT2D eigenvalue weighted by Crippen LogP contribution is 2.42. The number of ether oxygens (including phenoxy) is 2. The standard InChI is InChI=1S/C26H24N4O3/c1-32-23-14-13-20(15-24(23)33-2)25(31)29-21(18-9-5-3-6-10-18)16-22(19-11-7-4-8-12-19)30-26(29)27-17-28-30/h3-15,17,21-22H,16H2,1-2H3/t21-,22-/m1/s1. The van der Waals surface area contributed by atoms with Crippen LogP contribution in [-0.4, -0.2) is 34.9 Å². The van der Waals surface area contributed by atoms with Crippen molar-refractivity contribution in [3.8, 4) is 11.5 Å². The Morgan fingerprint density at radius 1 is 0.848 bits per heavy atom. The Hall–Kier alpha value is -4.13. The fourth-order valence-electron chi connectivity index (χ4n) is 4.45. The monoisotopic (exact) mass is 440 g/mol. The molecule has 0 radical (unpaired) electrons. The molecule has 5 rings (SSSR count). The van der Waals surface area contributed by atoms with Gasteiger partial charge in [-0.1, -0.05) is 60.7 Å². The van der Waals surface area contributed by atoms with Crippen LogP contribution in [0.1, 0.15) is 40.0 Å². The van der Waals surface area contributed by atoms with E-state index in [-0.39, 0.29) is 18.0 Å². The highest BCUT2D eigenvalue weighted by atomic mass is 16.5. The molecule has 3 aromatic carbocycles. The molecule has 166 valence electrons. The lowest BCUT2D eigenvalue weighted by molar-refractivity contribution is 0.0963. The molecule has 4 aromatic rings. The van der Waals surface area contributed by atoms with Gasteiger partial charge in [0.15, 0.2) is 11.5 Å². The minimum absolute atomic E-state index is 0.0386. The third-order valence-electron chi connectivity index (χ3n) is 6.04. The molecule has 0 N–H and O–H groups in total. The summed E-state index contributed by atoms with van der Waals surface area (Å²) >= 11 is 0. The molecule has 1 aromatic heterocycles. The molecule has 1 aliphatic heterocycles. The van der Waals surface area contributed by atoms with Crippen LogP contribution in [0, 0.1) is 0 Å². The van der Waals surface area contributed by atoms with Crippen molar-refractivity contribution < 1.29 is 14.3 Å². The molecular formula is C26H24N4O3. The first-order valence-corrected chi connectivity index (χ1v) is 10.8. The second-order valence-corrected chi connectivity index (χ2v) is 7.84. The zero-order chi connectivity index (χ0) is 22.8. The Kier molecular flexibility index (Phi) is 5.52. The van der Waals surface area contributed by atoms with Gasteiger partial charge in [-0.25, -0.2) is 4.68 Å². The third kappa shape index (κ3) is 3.71. The summed E-state index contributed by atoms with van der Waals surface area (Å²) in [6.07, 6.45) is 2.18. The number of benzene rings is 3. The van der Waals surface area contributed by atoms with Crippen molar-refractivity contribution >= 4 is 11.9 Å². The molecule has 1 amide bonds. The van der Waals surface area contributed by atoms with Gasteiger partial charge in [-0.15, -0.1) is 0 Å². The Labute approximate surface area is 192 Å². The van der Waals surface area contributed by atoms with Gasteiger partial charge in [-0.05, 0) is 35.7 Å². The zero-order valence-corrected chi connectivity index (χ0v) is 18.5. The van der Waals surface area contributed by atoms with Crippen LogP contribution < -0.4 is 14.4 Å². The number of anilines is 1. The van der Waals surface area contributed by atoms with E-state index in [9.17, 15) is 4.79 Å². The van der Waals surface area contributed by atoms with Crippen LogP contribution in [-0.2, 0) is 0 Å². The van der Waals surface area contributed by atoms with Crippen molar-refractivity contribution in [2.24, 2.45) is 0 Å². The van der Waals surface area contributed by atoms with Crippen molar-refractivity contribution in [2.45, 2.75) is 18.5 Å². The largest absolute Gasteiger partial charge is 0.493 e. The van der Waals surface area contributed by atoms with Gasteiger partial charge in [0.1, 0.15) is 6.33 Å². The molecule has 0 saturated heterocycles. The molecule has 0 fully saturated rings. The number of hydrogen-bond donors (Lipinski definition) is 0. The molecule has 0 spiro atoms. The van der Waals surface area contributed by atoms with Crippen molar-refractivity contribution in [1.82, 2.24) is 14.8 Å². The average molecular weight is 441 g/mol. The highest BCUT2D eigenvalue weighted by molar-refractivity contribution is 6.06. The molecule has 7 heteroatoms. The minimum Gasteiger partial charge on any atom is -0.493 e. The summed E-state index contributed by atoms with van der Waals surface area (Å²) in [5.41, 5.74) is 2.66. The van der Waals surface area contributed by atoms with Gasteiger partial charge in [0.2, 0.25) is 5.95 Å². The van der Waals surface area contributed by atoms with Gasteiger partial charge in [0.25, 0.3) is 5.91 Å². The second-order valence-electron chi connectivity index (χ2n) is 7.84. The molecule has 33 heavy (non-hydrogen) atoms. The lowest BCUT2D eigenvalue weighted by atomic mass is 9.91. The lowest BCUT2D eigenvalue weighted by Crippen LogP contribution is -2.42. The van der Waals surface area contributed by atoms with E-state index < -0.39 is 0 Å².